The van der Waals surface area contributed by atoms with Crippen LogP contribution in [0, 0.1) is 0 Å². The predicted molar refractivity (Wildman–Crippen MR) is 182 cm³/mol. The molecule has 1 atom stereocenters. The van der Waals surface area contributed by atoms with E-state index in [1.54, 1.807) is 38.1 Å². The summed E-state index contributed by atoms with van der Waals surface area (Å²) in [7, 11) is 1.52. The summed E-state index contributed by atoms with van der Waals surface area (Å²) in [5.74, 6) is 0.148. The Morgan fingerprint density at radius 2 is 1.61 bits per heavy atom. The quantitative estimate of drug-likeness (QED) is 0.152. The third-order valence-electron chi connectivity index (χ3n) is 7.99. The number of nitrogens with one attached hydrogen (secondary N) is 3. The lowest BCUT2D eigenvalue weighted by molar-refractivity contribution is -0.137. The monoisotopic (exact) mass is 673 g/mol. The number of urea groups is 1. The first-order valence-electron chi connectivity index (χ1n) is 15.8. The normalized spacial score (nSPS) is 14.8. The van der Waals surface area contributed by atoms with Gasteiger partial charge in [0.15, 0.2) is 5.75 Å². The van der Waals surface area contributed by atoms with Gasteiger partial charge in [-0.05, 0) is 79.8 Å². The van der Waals surface area contributed by atoms with Gasteiger partial charge in [0, 0.05) is 30.3 Å². The van der Waals surface area contributed by atoms with E-state index < -0.39 is 35.1 Å². The SMILES string of the molecule is CNC(=O)Nc1ccccc1Oc1ccccc1-c1ccc(CN2C(=O)[C@H](NC(=O)CC(C)(C)N)CCc3cc(C(F)(F)F)ccc32)cc1. The van der Waals surface area contributed by atoms with Crippen LogP contribution in [0.1, 0.15) is 43.4 Å². The van der Waals surface area contributed by atoms with Crippen LogP contribution in [0.2, 0.25) is 0 Å². The number of hydrogen-bond acceptors (Lipinski definition) is 5. The van der Waals surface area contributed by atoms with Crippen LogP contribution in [0.5, 0.6) is 11.5 Å². The number of amides is 4. The Bertz CT molecular complexity index is 1840. The highest BCUT2D eigenvalue weighted by molar-refractivity contribution is 6.00. The van der Waals surface area contributed by atoms with Crippen LogP contribution in [0.4, 0.5) is 29.3 Å². The third-order valence-corrected chi connectivity index (χ3v) is 7.99. The minimum Gasteiger partial charge on any atom is -0.455 e. The Morgan fingerprint density at radius 1 is 0.939 bits per heavy atom. The standard InChI is InChI=1S/C37H38F3N5O4/c1-36(2,41)21-33(46)43-29-18-16-25-20-26(37(38,39)40)17-19-30(25)45(34(29)47)22-23-12-14-24(15-13-23)27-8-4-6-10-31(27)49-32-11-7-5-9-28(32)44-35(48)42-3/h4-15,17,19-20,29H,16,18,21-22,41H2,1-3H3,(H,43,46)(H2,42,44,48)/t29-/m1/s1. The van der Waals surface area contributed by atoms with Gasteiger partial charge in [0.25, 0.3) is 0 Å². The second kappa shape index (κ2) is 14.4. The number of halogens is 3. The molecule has 0 saturated heterocycles. The average molecular weight is 674 g/mol. The lowest BCUT2D eigenvalue weighted by Gasteiger charge is -2.27. The van der Waals surface area contributed by atoms with Gasteiger partial charge in [-0.1, -0.05) is 54.6 Å². The molecule has 1 heterocycles. The molecule has 4 aromatic carbocycles. The molecular formula is C37H38F3N5O4. The number of hydrogen-bond donors (Lipinski definition) is 4. The van der Waals surface area contributed by atoms with Crippen LogP contribution >= 0.6 is 0 Å². The van der Waals surface area contributed by atoms with Crippen LogP contribution in [-0.4, -0.2) is 36.5 Å². The maximum atomic E-state index is 13.9. The maximum absolute atomic E-state index is 13.9. The van der Waals surface area contributed by atoms with Crippen molar-refractivity contribution in [1.29, 1.82) is 0 Å². The van der Waals surface area contributed by atoms with Crippen LogP contribution in [0.3, 0.4) is 0 Å². The van der Waals surface area contributed by atoms with Crippen molar-refractivity contribution in [3.63, 3.8) is 0 Å². The third kappa shape index (κ3) is 8.76. The maximum Gasteiger partial charge on any atom is 0.416 e. The Hall–Kier alpha value is -5.36. The summed E-state index contributed by atoms with van der Waals surface area (Å²) in [5.41, 5.74) is 7.91. The molecule has 4 amide bonds. The highest BCUT2D eigenvalue weighted by Gasteiger charge is 2.35. The number of carbonyl (C=O) groups excluding carboxylic acids is 3. The van der Waals surface area contributed by atoms with Crippen molar-refractivity contribution in [2.75, 3.05) is 17.3 Å². The molecule has 1 aliphatic heterocycles. The lowest BCUT2D eigenvalue weighted by Crippen LogP contribution is -2.49. The van der Waals surface area contributed by atoms with Crippen LogP contribution < -0.4 is 31.3 Å². The van der Waals surface area contributed by atoms with Crippen LogP contribution in [0.25, 0.3) is 11.1 Å². The van der Waals surface area contributed by atoms with Crippen molar-refractivity contribution >= 4 is 29.2 Å². The van der Waals surface area contributed by atoms with Crippen molar-refractivity contribution in [3.8, 4) is 22.6 Å². The second-order valence-corrected chi connectivity index (χ2v) is 12.6. The fourth-order valence-electron chi connectivity index (χ4n) is 5.64. The molecular weight excluding hydrogens is 635 g/mol. The van der Waals surface area contributed by atoms with Gasteiger partial charge in [0.1, 0.15) is 11.8 Å². The Morgan fingerprint density at radius 3 is 2.29 bits per heavy atom. The van der Waals surface area contributed by atoms with E-state index in [1.165, 1.54) is 18.0 Å². The Labute approximate surface area is 282 Å². The van der Waals surface area contributed by atoms with Crippen LogP contribution in [0.15, 0.2) is 91.0 Å². The first kappa shape index (κ1) is 35.0. The molecule has 0 aromatic heterocycles. The van der Waals surface area contributed by atoms with Gasteiger partial charge in [-0.15, -0.1) is 0 Å². The lowest BCUT2D eigenvalue weighted by atomic mass is 10.0. The summed E-state index contributed by atoms with van der Waals surface area (Å²) in [6.45, 7) is 3.45. The van der Waals surface area contributed by atoms with Gasteiger partial charge in [-0.25, -0.2) is 4.79 Å². The molecule has 0 spiro atoms. The van der Waals surface area contributed by atoms with Gasteiger partial charge < -0.3 is 31.3 Å². The summed E-state index contributed by atoms with van der Waals surface area (Å²) >= 11 is 0. The zero-order valence-corrected chi connectivity index (χ0v) is 27.4. The van der Waals surface area contributed by atoms with E-state index in [2.05, 4.69) is 16.0 Å². The molecule has 1 aliphatic rings. The number of benzene rings is 4. The van der Waals surface area contributed by atoms with E-state index in [0.717, 1.165) is 28.8 Å². The van der Waals surface area contributed by atoms with E-state index in [4.69, 9.17) is 10.5 Å². The van der Waals surface area contributed by atoms with E-state index >= 15 is 0 Å². The fourth-order valence-corrected chi connectivity index (χ4v) is 5.64. The number of ether oxygens (including phenoxy) is 1. The van der Waals surface area contributed by atoms with E-state index in [-0.39, 0.29) is 31.8 Å². The summed E-state index contributed by atoms with van der Waals surface area (Å²) in [6.07, 6.45) is -4.27. The average Bonchev–Trinajstić information content (AvgIpc) is 3.17. The zero-order valence-electron chi connectivity index (χ0n) is 27.4. The highest BCUT2D eigenvalue weighted by atomic mass is 19.4. The molecule has 0 fully saturated rings. The van der Waals surface area contributed by atoms with E-state index in [9.17, 15) is 27.6 Å². The van der Waals surface area contributed by atoms with E-state index in [0.29, 0.717) is 28.4 Å². The summed E-state index contributed by atoms with van der Waals surface area (Å²) in [5, 5.41) is 8.02. The summed E-state index contributed by atoms with van der Waals surface area (Å²) < 4.78 is 47.1. The van der Waals surface area contributed by atoms with Crippen LogP contribution in [-0.2, 0) is 28.7 Å². The number of rotatable bonds is 9. The van der Waals surface area contributed by atoms with Crippen molar-refractivity contribution in [2.24, 2.45) is 5.73 Å². The molecule has 4 aromatic rings. The molecule has 256 valence electrons. The smallest absolute Gasteiger partial charge is 0.416 e. The van der Waals surface area contributed by atoms with Crippen molar-refractivity contribution in [3.05, 3.63) is 108 Å². The number of nitrogens with zero attached hydrogens (tertiary/aromatic N) is 1. The Balaban J connectivity index is 1.42. The molecule has 0 radical (unpaired) electrons. The van der Waals surface area contributed by atoms with E-state index in [1.807, 2.05) is 48.5 Å². The van der Waals surface area contributed by atoms with Crippen molar-refractivity contribution in [1.82, 2.24) is 10.6 Å². The molecule has 0 unspecified atom stereocenters. The molecule has 0 bridgehead atoms. The largest absolute Gasteiger partial charge is 0.455 e. The Kier molecular flexibility index (Phi) is 10.3. The second-order valence-electron chi connectivity index (χ2n) is 12.6. The molecule has 5 N–H and O–H groups in total. The van der Waals surface area contributed by atoms with Gasteiger partial charge in [0.05, 0.1) is 17.8 Å². The fraction of sp³-hybridized carbons (Fsp3) is 0.270. The molecule has 0 aliphatic carbocycles. The summed E-state index contributed by atoms with van der Waals surface area (Å²) in [4.78, 5) is 40.1. The number of fused-ring (bicyclic) bond motifs is 1. The highest BCUT2D eigenvalue weighted by Crippen LogP contribution is 2.38. The first-order valence-corrected chi connectivity index (χ1v) is 15.8. The van der Waals surface area contributed by atoms with Crippen molar-refractivity contribution in [2.45, 2.75) is 57.4 Å². The molecule has 0 saturated carbocycles. The predicted octanol–water partition coefficient (Wildman–Crippen LogP) is 7.01. The van der Waals surface area contributed by atoms with Gasteiger partial charge in [-0.3, -0.25) is 9.59 Å². The molecule has 5 rings (SSSR count). The van der Waals surface area contributed by atoms with Gasteiger partial charge >= 0.3 is 12.2 Å². The first-order chi connectivity index (χ1) is 23.2. The number of nitrogens with two attached hydrogens (primary N) is 1. The molecule has 12 heteroatoms. The molecule has 49 heavy (non-hydrogen) atoms. The number of alkyl halides is 3. The number of anilines is 2. The zero-order chi connectivity index (χ0) is 35.3. The minimum absolute atomic E-state index is 0.0230. The van der Waals surface area contributed by atoms with Gasteiger partial charge in [0.2, 0.25) is 11.8 Å². The number of aryl methyl sites for hydroxylation is 1. The number of para-hydroxylation sites is 3. The minimum atomic E-state index is -4.55. The molecule has 9 nitrogen and oxygen atoms in total. The van der Waals surface area contributed by atoms with Crippen molar-refractivity contribution < 1.29 is 32.3 Å². The summed E-state index contributed by atoms with van der Waals surface area (Å²) in [6, 6.07) is 23.9. The topological polar surface area (TPSA) is 126 Å². The van der Waals surface area contributed by atoms with Gasteiger partial charge in [-0.2, -0.15) is 13.2 Å². The number of carbonyl (C=O) groups is 3.